The smallest absolute Gasteiger partial charge is 0.249 e. The van der Waals surface area contributed by atoms with Gasteiger partial charge in [0, 0.05) is 6.54 Å². The average Bonchev–Trinajstić information content (AvgIpc) is 2.96. The number of hydrogen-bond donors (Lipinski definition) is 2. The molecule has 0 amide bonds. The minimum Gasteiger partial charge on any atom is -0.497 e. The van der Waals surface area contributed by atoms with Crippen molar-refractivity contribution in [2.24, 2.45) is 5.14 Å². The van der Waals surface area contributed by atoms with Gasteiger partial charge in [0.2, 0.25) is 10.0 Å². The molecule has 0 aliphatic heterocycles. The van der Waals surface area contributed by atoms with E-state index in [-0.39, 0.29) is 4.21 Å². The molecule has 0 saturated heterocycles. The van der Waals surface area contributed by atoms with Crippen LogP contribution in [0.1, 0.15) is 5.56 Å². The number of aromatic nitrogens is 1. The molecule has 0 atom stereocenters. The van der Waals surface area contributed by atoms with E-state index in [1.165, 1.54) is 6.20 Å². The second kappa shape index (κ2) is 6.95. The van der Waals surface area contributed by atoms with Crippen molar-refractivity contribution >= 4 is 26.5 Å². The molecule has 1 aromatic heterocycles. The van der Waals surface area contributed by atoms with Gasteiger partial charge in [0.15, 0.2) is 9.34 Å². The molecule has 0 aliphatic rings. The van der Waals surface area contributed by atoms with Gasteiger partial charge in [-0.3, -0.25) is 0 Å². The number of methoxy groups -OCH3 is 2. The normalized spacial score (nSPS) is 11.2. The van der Waals surface area contributed by atoms with Crippen molar-refractivity contribution in [3.8, 4) is 11.5 Å². The molecule has 7 nitrogen and oxygen atoms in total. The van der Waals surface area contributed by atoms with E-state index in [1.807, 2.05) is 18.2 Å². The second-order valence-electron chi connectivity index (χ2n) is 4.38. The summed E-state index contributed by atoms with van der Waals surface area (Å²) >= 11 is 1.00. The SMILES string of the molecule is COc1ccc(OC)c(CCNc2ncc(S(N)(=O)=O)s2)c1. The summed E-state index contributed by atoms with van der Waals surface area (Å²) in [5.41, 5.74) is 0.984. The van der Waals surface area contributed by atoms with E-state index in [4.69, 9.17) is 14.6 Å². The summed E-state index contributed by atoms with van der Waals surface area (Å²) in [5.74, 6) is 1.52. The maximum Gasteiger partial charge on any atom is 0.249 e. The van der Waals surface area contributed by atoms with Crippen molar-refractivity contribution in [1.82, 2.24) is 4.98 Å². The average molecular weight is 343 g/mol. The van der Waals surface area contributed by atoms with Gasteiger partial charge in [0.25, 0.3) is 0 Å². The lowest BCUT2D eigenvalue weighted by Crippen LogP contribution is -2.10. The van der Waals surface area contributed by atoms with Crippen LogP contribution in [0.15, 0.2) is 28.6 Å². The van der Waals surface area contributed by atoms with Gasteiger partial charge in [-0.25, -0.2) is 18.5 Å². The maximum absolute atomic E-state index is 11.2. The van der Waals surface area contributed by atoms with E-state index in [0.29, 0.717) is 18.1 Å². The molecule has 1 heterocycles. The molecular formula is C13H17N3O4S2. The quantitative estimate of drug-likeness (QED) is 0.789. The number of nitrogens with two attached hydrogens (primary N) is 1. The molecule has 0 fully saturated rings. The van der Waals surface area contributed by atoms with Gasteiger partial charge in [-0.2, -0.15) is 0 Å². The minimum atomic E-state index is -3.70. The molecule has 0 unspecified atom stereocenters. The first kappa shape index (κ1) is 16.5. The summed E-state index contributed by atoms with van der Waals surface area (Å²) in [6.07, 6.45) is 1.92. The molecule has 0 spiro atoms. The van der Waals surface area contributed by atoms with Crippen molar-refractivity contribution in [3.05, 3.63) is 30.0 Å². The van der Waals surface area contributed by atoms with E-state index in [0.717, 1.165) is 28.4 Å². The van der Waals surface area contributed by atoms with Crippen LogP contribution in [0.4, 0.5) is 5.13 Å². The van der Waals surface area contributed by atoms with E-state index < -0.39 is 10.0 Å². The lowest BCUT2D eigenvalue weighted by Gasteiger charge is -2.10. The van der Waals surface area contributed by atoms with Crippen molar-refractivity contribution in [1.29, 1.82) is 0 Å². The number of benzene rings is 1. The largest absolute Gasteiger partial charge is 0.497 e. The molecule has 2 aromatic rings. The van der Waals surface area contributed by atoms with Gasteiger partial charge in [-0.15, -0.1) is 0 Å². The van der Waals surface area contributed by atoms with Gasteiger partial charge in [-0.05, 0) is 30.2 Å². The van der Waals surface area contributed by atoms with E-state index in [9.17, 15) is 8.42 Å². The van der Waals surface area contributed by atoms with E-state index >= 15 is 0 Å². The van der Waals surface area contributed by atoms with Crippen molar-refractivity contribution < 1.29 is 17.9 Å². The number of primary sulfonamides is 1. The Morgan fingerprint density at radius 1 is 1.32 bits per heavy atom. The monoisotopic (exact) mass is 343 g/mol. The van der Waals surface area contributed by atoms with Crippen LogP contribution in [0.5, 0.6) is 11.5 Å². The Bertz CT molecular complexity index is 743. The van der Waals surface area contributed by atoms with Crippen LogP contribution < -0.4 is 19.9 Å². The zero-order valence-electron chi connectivity index (χ0n) is 12.2. The predicted molar refractivity (Wildman–Crippen MR) is 85.2 cm³/mol. The lowest BCUT2D eigenvalue weighted by atomic mass is 10.1. The molecule has 1 aromatic carbocycles. The Hall–Kier alpha value is -1.84. The number of nitrogens with zero attached hydrogens (tertiary/aromatic N) is 1. The highest BCUT2D eigenvalue weighted by Gasteiger charge is 2.12. The summed E-state index contributed by atoms with van der Waals surface area (Å²) in [7, 11) is -0.485. The number of hydrogen-bond acceptors (Lipinski definition) is 7. The summed E-state index contributed by atoms with van der Waals surface area (Å²) in [6, 6.07) is 5.57. The fourth-order valence-corrected chi connectivity index (χ4v) is 3.33. The molecular weight excluding hydrogens is 326 g/mol. The summed E-state index contributed by atoms with van der Waals surface area (Å²) in [4.78, 5) is 3.98. The number of thiazole rings is 1. The van der Waals surface area contributed by atoms with Crippen LogP contribution in [0.2, 0.25) is 0 Å². The van der Waals surface area contributed by atoms with Crippen LogP contribution in [0.25, 0.3) is 0 Å². The highest BCUT2D eigenvalue weighted by Crippen LogP contribution is 2.25. The maximum atomic E-state index is 11.2. The van der Waals surface area contributed by atoms with Gasteiger partial charge < -0.3 is 14.8 Å². The molecule has 120 valence electrons. The van der Waals surface area contributed by atoms with Crippen LogP contribution in [-0.4, -0.2) is 34.2 Å². The fourth-order valence-electron chi connectivity index (χ4n) is 1.85. The van der Waals surface area contributed by atoms with E-state index in [1.54, 1.807) is 14.2 Å². The highest BCUT2D eigenvalue weighted by atomic mass is 32.2. The molecule has 0 aliphatic carbocycles. The molecule has 2 rings (SSSR count). The number of sulfonamides is 1. The Balaban J connectivity index is 2.00. The van der Waals surface area contributed by atoms with Crippen LogP contribution in [-0.2, 0) is 16.4 Å². The van der Waals surface area contributed by atoms with Gasteiger partial charge in [-0.1, -0.05) is 11.3 Å². The Kier molecular flexibility index (Phi) is 5.22. The standard InChI is InChI=1S/C13H17N3O4S2/c1-19-10-3-4-11(20-2)9(7-10)5-6-15-13-16-8-12(21-13)22(14,17)18/h3-4,7-8H,5-6H2,1-2H3,(H,15,16)(H2,14,17,18). The summed E-state index contributed by atoms with van der Waals surface area (Å²) in [5, 5.41) is 8.61. The Morgan fingerprint density at radius 2 is 2.09 bits per heavy atom. The molecule has 3 N–H and O–H groups in total. The topological polar surface area (TPSA) is 104 Å². The Labute approximate surface area is 133 Å². The molecule has 0 bridgehead atoms. The molecule has 0 saturated carbocycles. The first-order valence-electron chi connectivity index (χ1n) is 6.37. The first-order valence-corrected chi connectivity index (χ1v) is 8.73. The van der Waals surface area contributed by atoms with Crippen molar-refractivity contribution in [3.63, 3.8) is 0 Å². The molecule has 0 radical (unpaired) electrons. The molecule has 22 heavy (non-hydrogen) atoms. The fraction of sp³-hybridized carbons (Fsp3) is 0.308. The van der Waals surface area contributed by atoms with Crippen molar-refractivity contribution in [2.75, 3.05) is 26.1 Å². The third kappa shape index (κ3) is 4.09. The number of anilines is 1. The predicted octanol–water partition coefficient (Wildman–Crippen LogP) is 1.46. The first-order chi connectivity index (χ1) is 10.4. The summed E-state index contributed by atoms with van der Waals surface area (Å²) < 4.78 is 32.9. The second-order valence-corrected chi connectivity index (χ2v) is 7.20. The zero-order valence-corrected chi connectivity index (χ0v) is 13.8. The minimum absolute atomic E-state index is 0.0361. The highest BCUT2D eigenvalue weighted by molar-refractivity contribution is 7.91. The number of nitrogens with one attached hydrogen (secondary N) is 1. The lowest BCUT2D eigenvalue weighted by molar-refractivity contribution is 0.399. The van der Waals surface area contributed by atoms with Crippen molar-refractivity contribution in [2.45, 2.75) is 10.6 Å². The molecule has 9 heteroatoms. The third-order valence-electron chi connectivity index (χ3n) is 2.92. The van der Waals surface area contributed by atoms with Gasteiger partial charge in [0.1, 0.15) is 11.5 Å². The number of rotatable bonds is 7. The zero-order chi connectivity index (χ0) is 16.2. The van der Waals surface area contributed by atoms with E-state index in [2.05, 4.69) is 10.3 Å². The van der Waals surface area contributed by atoms with Crippen LogP contribution in [0.3, 0.4) is 0 Å². The third-order valence-corrected chi connectivity index (χ3v) is 5.29. The Morgan fingerprint density at radius 3 is 2.68 bits per heavy atom. The van der Waals surface area contributed by atoms with Gasteiger partial charge in [0.05, 0.1) is 20.4 Å². The van der Waals surface area contributed by atoms with Crippen LogP contribution in [0, 0.1) is 0 Å². The number of ether oxygens (including phenoxy) is 2. The summed E-state index contributed by atoms with van der Waals surface area (Å²) in [6.45, 7) is 0.571. The van der Waals surface area contributed by atoms with Crippen LogP contribution >= 0.6 is 11.3 Å². The van der Waals surface area contributed by atoms with Gasteiger partial charge >= 0.3 is 0 Å².